The summed E-state index contributed by atoms with van der Waals surface area (Å²) >= 11 is 12.0. The second-order valence-corrected chi connectivity index (χ2v) is 9.01. The predicted molar refractivity (Wildman–Crippen MR) is 139 cm³/mol. The van der Waals surface area contributed by atoms with Crippen LogP contribution in [0.4, 0.5) is 10.5 Å². The van der Waals surface area contributed by atoms with Gasteiger partial charge in [-0.2, -0.15) is 0 Å². The van der Waals surface area contributed by atoms with E-state index in [0.29, 0.717) is 32.8 Å². The van der Waals surface area contributed by atoms with Crippen molar-refractivity contribution in [2.24, 2.45) is 0 Å². The molecule has 4 rings (SSSR count). The van der Waals surface area contributed by atoms with Crippen LogP contribution in [0.3, 0.4) is 0 Å². The van der Waals surface area contributed by atoms with Crippen molar-refractivity contribution in [2.45, 2.75) is 20.5 Å². The molecular weight excluding hydrogens is 503 g/mol. The number of hydrogen-bond donors (Lipinski definition) is 1. The highest BCUT2D eigenvalue weighted by atomic mass is 35.5. The number of barbiturate groups is 1. The van der Waals surface area contributed by atoms with Crippen LogP contribution in [0.1, 0.15) is 22.3 Å². The van der Waals surface area contributed by atoms with Crippen LogP contribution in [0.2, 0.25) is 10.0 Å². The van der Waals surface area contributed by atoms with Gasteiger partial charge in [-0.3, -0.25) is 14.9 Å². The predicted octanol–water partition coefficient (Wildman–Crippen LogP) is 5.86. The summed E-state index contributed by atoms with van der Waals surface area (Å²) in [5, 5.41) is 3.12. The van der Waals surface area contributed by atoms with Crippen LogP contribution >= 0.6 is 23.2 Å². The molecule has 1 saturated heterocycles. The van der Waals surface area contributed by atoms with Gasteiger partial charge in [0.2, 0.25) is 0 Å². The number of rotatable bonds is 6. The first-order valence-electron chi connectivity index (χ1n) is 10.9. The van der Waals surface area contributed by atoms with E-state index >= 15 is 0 Å². The lowest BCUT2D eigenvalue weighted by molar-refractivity contribution is -0.122. The molecule has 1 heterocycles. The van der Waals surface area contributed by atoms with Gasteiger partial charge in [0.25, 0.3) is 11.8 Å². The van der Waals surface area contributed by atoms with Crippen molar-refractivity contribution in [3.8, 4) is 11.5 Å². The topological polar surface area (TPSA) is 84.9 Å². The van der Waals surface area contributed by atoms with Gasteiger partial charge in [0, 0.05) is 0 Å². The summed E-state index contributed by atoms with van der Waals surface area (Å²) in [7, 11) is 1.48. The number of nitrogens with one attached hydrogen (secondary N) is 1. The number of urea groups is 1. The molecule has 0 radical (unpaired) electrons. The molecule has 0 aromatic heterocycles. The minimum Gasteiger partial charge on any atom is -0.493 e. The van der Waals surface area contributed by atoms with Gasteiger partial charge in [0.05, 0.1) is 22.8 Å². The average molecular weight is 525 g/mol. The zero-order valence-corrected chi connectivity index (χ0v) is 21.2. The number of ether oxygens (including phenoxy) is 2. The number of amides is 4. The number of anilines is 1. The Morgan fingerprint density at radius 3 is 2.42 bits per heavy atom. The highest BCUT2D eigenvalue weighted by Gasteiger charge is 2.37. The second-order valence-electron chi connectivity index (χ2n) is 8.20. The zero-order chi connectivity index (χ0) is 26.0. The Kier molecular flexibility index (Phi) is 7.33. The number of nitrogens with zero attached hydrogens (tertiary/aromatic N) is 1. The van der Waals surface area contributed by atoms with Crippen LogP contribution in [0.5, 0.6) is 11.5 Å². The second kappa shape index (κ2) is 10.4. The maximum Gasteiger partial charge on any atom is 0.335 e. The first kappa shape index (κ1) is 25.3. The molecule has 4 amide bonds. The number of carbonyl (C=O) groups excluding carboxylic acids is 3. The normalized spacial score (nSPS) is 14.8. The number of halogens is 2. The van der Waals surface area contributed by atoms with Crippen molar-refractivity contribution in [1.82, 2.24) is 5.32 Å². The van der Waals surface area contributed by atoms with Crippen molar-refractivity contribution >= 4 is 52.8 Å². The molecule has 0 bridgehead atoms. The molecule has 0 spiro atoms. The van der Waals surface area contributed by atoms with Crippen molar-refractivity contribution < 1.29 is 23.9 Å². The van der Waals surface area contributed by atoms with Gasteiger partial charge in [-0.1, -0.05) is 47.5 Å². The first-order chi connectivity index (χ1) is 17.2. The molecule has 0 aliphatic carbocycles. The number of aryl methyl sites for hydroxylation is 2. The Bertz CT molecular complexity index is 1420. The SMILES string of the molecule is COc1cc(/C=C2\C(=O)NC(=O)N(c3cc(C)ccc3C)C2=O)ccc1OCc1ccc(Cl)c(Cl)c1. The molecule has 0 atom stereocenters. The fourth-order valence-electron chi connectivity index (χ4n) is 3.69. The van der Waals surface area contributed by atoms with Gasteiger partial charge in [-0.15, -0.1) is 0 Å². The van der Waals surface area contributed by atoms with Crippen LogP contribution in [-0.2, 0) is 16.2 Å². The van der Waals surface area contributed by atoms with Gasteiger partial charge in [-0.05, 0) is 72.5 Å². The van der Waals surface area contributed by atoms with E-state index in [1.54, 1.807) is 49.4 Å². The van der Waals surface area contributed by atoms with E-state index in [2.05, 4.69) is 5.32 Å². The maximum absolute atomic E-state index is 13.2. The van der Waals surface area contributed by atoms with Crippen LogP contribution < -0.4 is 19.7 Å². The van der Waals surface area contributed by atoms with Crippen molar-refractivity contribution in [2.75, 3.05) is 12.0 Å². The highest BCUT2D eigenvalue weighted by Crippen LogP contribution is 2.32. The van der Waals surface area contributed by atoms with E-state index in [9.17, 15) is 14.4 Å². The molecule has 7 nitrogen and oxygen atoms in total. The molecule has 1 aliphatic heterocycles. The summed E-state index contributed by atoms with van der Waals surface area (Å²) in [5.74, 6) is -0.630. The first-order valence-corrected chi connectivity index (χ1v) is 11.7. The molecule has 1 N–H and O–H groups in total. The molecule has 1 aliphatic rings. The Morgan fingerprint density at radius 1 is 0.917 bits per heavy atom. The molecule has 184 valence electrons. The quantitative estimate of drug-likeness (QED) is 0.322. The molecular formula is C27H22Cl2N2O5. The van der Waals surface area contributed by atoms with E-state index in [-0.39, 0.29) is 12.2 Å². The monoisotopic (exact) mass is 524 g/mol. The molecule has 1 fully saturated rings. The van der Waals surface area contributed by atoms with E-state index in [1.807, 2.05) is 19.1 Å². The lowest BCUT2D eigenvalue weighted by atomic mass is 10.0. The number of carbonyl (C=O) groups is 3. The lowest BCUT2D eigenvalue weighted by Crippen LogP contribution is -2.54. The molecule has 3 aromatic carbocycles. The number of hydrogen-bond acceptors (Lipinski definition) is 5. The number of imide groups is 2. The minimum absolute atomic E-state index is 0.179. The fourth-order valence-corrected chi connectivity index (χ4v) is 4.01. The number of methoxy groups -OCH3 is 1. The van der Waals surface area contributed by atoms with Gasteiger partial charge < -0.3 is 9.47 Å². The third kappa shape index (κ3) is 5.22. The zero-order valence-electron chi connectivity index (χ0n) is 19.7. The maximum atomic E-state index is 13.2. The van der Waals surface area contributed by atoms with E-state index in [4.69, 9.17) is 32.7 Å². The third-order valence-corrected chi connectivity index (χ3v) is 6.32. The Hall–Kier alpha value is -3.81. The van der Waals surface area contributed by atoms with Crippen molar-refractivity contribution in [1.29, 1.82) is 0 Å². The summed E-state index contributed by atoms with van der Waals surface area (Å²) in [4.78, 5) is 39.3. The summed E-state index contributed by atoms with van der Waals surface area (Å²) in [6.07, 6.45) is 1.41. The van der Waals surface area contributed by atoms with E-state index in [0.717, 1.165) is 21.6 Å². The summed E-state index contributed by atoms with van der Waals surface area (Å²) in [6, 6.07) is 14.8. The van der Waals surface area contributed by atoms with Crippen molar-refractivity contribution in [3.05, 3.63) is 92.5 Å². The molecule has 36 heavy (non-hydrogen) atoms. The van der Waals surface area contributed by atoms with Crippen LogP contribution in [0.25, 0.3) is 6.08 Å². The van der Waals surface area contributed by atoms with Crippen LogP contribution in [0, 0.1) is 13.8 Å². The minimum atomic E-state index is -0.792. The van der Waals surface area contributed by atoms with Crippen LogP contribution in [-0.4, -0.2) is 25.0 Å². The average Bonchev–Trinajstić information content (AvgIpc) is 2.84. The molecule has 0 unspecified atom stereocenters. The smallest absolute Gasteiger partial charge is 0.335 e. The third-order valence-electron chi connectivity index (χ3n) is 5.58. The standard InChI is InChI=1S/C27H22Cl2N2O5/c1-15-4-5-16(2)22(10-15)31-26(33)19(25(32)30-27(31)34)11-17-7-9-23(24(13-17)35-3)36-14-18-6-8-20(28)21(29)12-18/h4-13H,14H2,1-3H3,(H,30,32,34)/b19-11+. The Balaban J connectivity index is 1.61. The summed E-state index contributed by atoms with van der Waals surface area (Å²) in [5.41, 5.74) is 3.17. The number of benzene rings is 3. The molecule has 3 aromatic rings. The van der Waals surface area contributed by atoms with Gasteiger partial charge in [0.15, 0.2) is 11.5 Å². The van der Waals surface area contributed by atoms with Crippen LogP contribution in [0.15, 0.2) is 60.2 Å². The Labute approximate surface area is 218 Å². The summed E-state index contributed by atoms with van der Waals surface area (Å²) in [6.45, 7) is 3.87. The summed E-state index contributed by atoms with van der Waals surface area (Å²) < 4.78 is 11.3. The largest absolute Gasteiger partial charge is 0.493 e. The molecule has 9 heteroatoms. The fraction of sp³-hybridized carbons (Fsp3) is 0.148. The van der Waals surface area contributed by atoms with Gasteiger partial charge in [0.1, 0.15) is 12.2 Å². The van der Waals surface area contributed by atoms with Gasteiger partial charge in [-0.25, -0.2) is 9.69 Å². The lowest BCUT2D eigenvalue weighted by Gasteiger charge is -2.27. The van der Waals surface area contributed by atoms with E-state index in [1.165, 1.54) is 13.2 Å². The van der Waals surface area contributed by atoms with Gasteiger partial charge >= 0.3 is 6.03 Å². The van der Waals surface area contributed by atoms with Crippen molar-refractivity contribution in [3.63, 3.8) is 0 Å². The Morgan fingerprint density at radius 2 is 1.69 bits per heavy atom. The molecule has 0 saturated carbocycles. The highest BCUT2D eigenvalue weighted by molar-refractivity contribution is 6.42. The van der Waals surface area contributed by atoms with E-state index < -0.39 is 17.8 Å².